The number of halogens is 3. The highest BCUT2D eigenvalue weighted by atomic mass is 79.9. The Morgan fingerprint density at radius 2 is 1.88 bits per heavy atom. The Kier molecular flexibility index (Phi) is 4.74. The molecule has 0 aliphatic heterocycles. The molecule has 5 heteroatoms. The van der Waals surface area contributed by atoms with Crippen molar-refractivity contribution in [1.82, 2.24) is 4.98 Å². The van der Waals surface area contributed by atoms with Gasteiger partial charge in [-0.2, -0.15) is 0 Å². The molecule has 17 heavy (non-hydrogen) atoms. The molecule has 88 valence electrons. The van der Waals surface area contributed by atoms with Crippen molar-refractivity contribution < 1.29 is 0 Å². The summed E-state index contributed by atoms with van der Waals surface area (Å²) < 4.78 is 1.08. The van der Waals surface area contributed by atoms with E-state index in [4.69, 9.17) is 23.2 Å². The third kappa shape index (κ3) is 3.88. The van der Waals surface area contributed by atoms with Crippen LogP contribution in [0.3, 0.4) is 0 Å². The highest BCUT2D eigenvalue weighted by Crippen LogP contribution is 2.28. The maximum atomic E-state index is 6.08. The van der Waals surface area contributed by atoms with Crippen LogP contribution in [0.1, 0.15) is 5.56 Å². The first-order valence-electron chi connectivity index (χ1n) is 4.83. The van der Waals surface area contributed by atoms with Crippen molar-refractivity contribution in [3.63, 3.8) is 0 Å². The lowest BCUT2D eigenvalue weighted by Gasteiger charge is -2.04. The molecule has 1 nitrogen and oxygen atoms in total. The van der Waals surface area contributed by atoms with E-state index in [0.29, 0.717) is 10.2 Å². The first-order chi connectivity index (χ1) is 8.15. The molecule has 0 saturated carbocycles. The lowest BCUT2D eigenvalue weighted by atomic mass is 10.3. The Morgan fingerprint density at radius 1 is 1.18 bits per heavy atom. The normalized spacial score (nSPS) is 10.5. The van der Waals surface area contributed by atoms with Crippen molar-refractivity contribution in [3.8, 4) is 0 Å². The van der Waals surface area contributed by atoms with Gasteiger partial charge < -0.3 is 0 Å². The molecule has 0 aliphatic carbocycles. The maximum absolute atomic E-state index is 6.08. The quantitative estimate of drug-likeness (QED) is 0.540. The summed E-state index contributed by atoms with van der Waals surface area (Å²) in [5.41, 5.74) is 0.990. The summed E-state index contributed by atoms with van der Waals surface area (Å²) in [5.74, 6) is 0.782. The summed E-state index contributed by atoms with van der Waals surface area (Å²) in [6, 6.07) is 9.83. The van der Waals surface area contributed by atoms with Gasteiger partial charge in [-0.05, 0) is 35.9 Å². The van der Waals surface area contributed by atoms with Crippen LogP contribution in [0.4, 0.5) is 0 Å². The van der Waals surface area contributed by atoms with Gasteiger partial charge in [0.2, 0.25) is 0 Å². The van der Waals surface area contributed by atoms with Gasteiger partial charge in [0.25, 0.3) is 0 Å². The molecule has 0 unspecified atom stereocenters. The first kappa shape index (κ1) is 13.2. The van der Waals surface area contributed by atoms with Gasteiger partial charge in [0.1, 0.15) is 5.15 Å². The number of thioether (sulfide) groups is 1. The number of nitrogens with zero attached hydrogens (tertiary/aromatic N) is 1. The number of rotatable bonds is 3. The summed E-state index contributed by atoms with van der Waals surface area (Å²) in [7, 11) is 0. The molecular formula is C12H8BrCl2NS. The van der Waals surface area contributed by atoms with Gasteiger partial charge in [-0.1, -0.05) is 39.1 Å². The summed E-state index contributed by atoms with van der Waals surface area (Å²) in [4.78, 5) is 5.22. The van der Waals surface area contributed by atoms with Crippen molar-refractivity contribution in [3.05, 3.63) is 56.7 Å². The molecule has 1 heterocycles. The van der Waals surface area contributed by atoms with E-state index in [9.17, 15) is 0 Å². The van der Waals surface area contributed by atoms with E-state index in [1.54, 1.807) is 24.0 Å². The molecule has 0 saturated heterocycles. The molecule has 2 aromatic rings. The highest BCUT2D eigenvalue weighted by molar-refractivity contribution is 9.10. The molecule has 0 aliphatic rings. The molecule has 0 N–H and O–H groups in total. The number of hydrogen-bond acceptors (Lipinski definition) is 2. The van der Waals surface area contributed by atoms with Gasteiger partial charge in [0, 0.05) is 26.3 Å². The Bertz CT molecular complexity index is 516. The summed E-state index contributed by atoms with van der Waals surface area (Å²) in [6.07, 6.45) is 1.72. The van der Waals surface area contributed by atoms with E-state index >= 15 is 0 Å². The van der Waals surface area contributed by atoms with Gasteiger partial charge in [0.05, 0.1) is 0 Å². The number of hydrogen-bond donors (Lipinski definition) is 0. The van der Waals surface area contributed by atoms with Crippen LogP contribution in [-0.2, 0) is 5.75 Å². The van der Waals surface area contributed by atoms with Crippen molar-refractivity contribution >= 4 is 50.9 Å². The van der Waals surface area contributed by atoms with Crippen LogP contribution in [0.15, 0.2) is 45.9 Å². The van der Waals surface area contributed by atoms with Crippen molar-refractivity contribution in [2.75, 3.05) is 0 Å². The predicted molar refractivity (Wildman–Crippen MR) is 78.0 cm³/mol. The van der Waals surface area contributed by atoms with Crippen LogP contribution in [0, 0.1) is 0 Å². The molecule has 0 spiro atoms. The first-order valence-corrected chi connectivity index (χ1v) is 7.37. The highest BCUT2D eigenvalue weighted by Gasteiger charge is 2.03. The fourth-order valence-corrected chi connectivity index (χ4v) is 2.89. The summed E-state index contributed by atoms with van der Waals surface area (Å²) in [5, 5.41) is 1.09. The number of pyridine rings is 1. The van der Waals surface area contributed by atoms with Crippen LogP contribution in [-0.4, -0.2) is 4.98 Å². The second-order valence-electron chi connectivity index (χ2n) is 3.34. The summed E-state index contributed by atoms with van der Waals surface area (Å²) >= 11 is 16.9. The molecule has 0 fully saturated rings. The minimum atomic E-state index is 0.424. The van der Waals surface area contributed by atoms with Crippen molar-refractivity contribution in [2.45, 2.75) is 10.6 Å². The molecule has 2 rings (SSSR count). The Hall–Kier alpha value is -0.220. The van der Waals surface area contributed by atoms with E-state index in [1.165, 1.54) is 4.90 Å². The van der Waals surface area contributed by atoms with Crippen LogP contribution in [0.2, 0.25) is 10.2 Å². The zero-order valence-electron chi connectivity index (χ0n) is 8.66. The van der Waals surface area contributed by atoms with Crippen LogP contribution in [0.25, 0.3) is 0 Å². The van der Waals surface area contributed by atoms with E-state index in [0.717, 1.165) is 15.8 Å². The monoisotopic (exact) mass is 347 g/mol. The van der Waals surface area contributed by atoms with Crippen molar-refractivity contribution in [1.29, 1.82) is 0 Å². The summed E-state index contributed by atoms with van der Waals surface area (Å²) in [6.45, 7) is 0. The smallest absolute Gasteiger partial charge is 0.130 e. The third-order valence-electron chi connectivity index (χ3n) is 2.10. The largest absolute Gasteiger partial charge is 0.244 e. The zero-order chi connectivity index (χ0) is 12.3. The van der Waals surface area contributed by atoms with Gasteiger partial charge in [-0.15, -0.1) is 11.8 Å². The average Bonchev–Trinajstić information content (AvgIpc) is 2.30. The second kappa shape index (κ2) is 6.10. The topological polar surface area (TPSA) is 12.9 Å². The number of aromatic nitrogens is 1. The Labute approximate surface area is 123 Å². The van der Waals surface area contributed by atoms with Gasteiger partial charge in [-0.25, -0.2) is 4.98 Å². The van der Waals surface area contributed by atoms with E-state index in [1.807, 2.05) is 12.1 Å². The van der Waals surface area contributed by atoms with E-state index < -0.39 is 0 Å². The lowest BCUT2D eigenvalue weighted by molar-refractivity contribution is 1.25. The number of benzene rings is 1. The zero-order valence-corrected chi connectivity index (χ0v) is 12.6. The SMILES string of the molecule is Clc1cc(Cl)c(CSc2ccc(Br)cc2)cn1. The predicted octanol–water partition coefficient (Wildman–Crippen LogP) is 5.44. The molecular weight excluding hydrogens is 341 g/mol. The molecule has 0 radical (unpaired) electrons. The maximum Gasteiger partial charge on any atom is 0.130 e. The molecule has 0 atom stereocenters. The Morgan fingerprint density at radius 3 is 2.53 bits per heavy atom. The fraction of sp³-hybridized carbons (Fsp3) is 0.0833. The van der Waals surface area contributed by atoms with E-state index in [2.05, 4.69) is 33.0 Å². The van der Waals surface area contributed by atoms with Crippen LogP contribution in [0.5, 0.6) is 0 Å². The molecule has 0 amide bonds. The van der Waals surface area contributed by atoms with E-state index in [-0.39, 0.29) is 0 Å². The minimum absolute atomic E-state index is 0.424. The van der Waals surface area contributed by atoms with Crippen molar-refractivity contribution in [2.24, 2.45) is 0 Å². The Balaban J connectivity index is 2.04. The second-order valence-corrected chi connectivity index (χ2v) is 6.10. The fourth-order valence-electron chi connectivity index (χ4n) is 1.23. The van der Waals surface area contributed by atoms with Gasteiger partial charge in [-0.3, -0.25) is 0 Å². The van der Waals surface area contributed by atoms with Crippen LogP contribution < -0.4 is 0 Å². The lowest BCUT2D eigenvalue weighted by Crippen LogP contribution is -1.85. The van der Waals surface area contributed by atoms with Crippen LogP contribution >= 0.6 is 50.9 Å². The average molecular weight is 349 g/mol. The van der Waals surface area contributed by atoms with Gasteiger partial charge >= 0.3 is 0 Å². The standard InChI is InChI=1S/C12H8BrCl2NS/c13-9-1-3-10(4-2-9)17-7-8-6-16-12(15)5-11(8)14/h1-6H,7H2. The minimum Gasteiger partial charge on any atom is -0.244 e. The van der Waals surface area contributed by atoms with Gasteiger partial charge in [0.15, 0.2) is 0 Å². The third-order valence-corrected chi connectivity index (χ3v) is 4.25. The molecule has 0 bridgehead atoms. The molecule has 1 aromatic carbocycles. The molecule has 1 aromatic heterocycles.